The zero-order chi connectivity index (χ0) is 13.8. The lowest BCUT2D eigenvalue weighted by molar-refractivity contribution is 0.0842. The van der Waals surface area contributed by atoms with Crippen molar-refractivity contribution in [3.63, 3.8) is 0 Å². The standard InChI is InChI=1S/C13H16Cl2N2O2/c14-10-4-3-9(12(15)6-10)7-16-13(19)17-5-1-2-11(18)8-17/h3-4,6,11,18H,1-2,5,7-8H2,(H,16,19). The van der Waals surface area contributed by atoms with E-state index in [0.717, 1.165) is 18.4 Å². The highest BCUT2D eigenvalue weighted by Crippen LogP contribution is 2.20. The minimum Gasteiger partial charge on any atom is -0.391 e. The Labute approximate surface area is 122 Å². The number of amides is 2. The first-order valence-electron chi connectivity index (χ1n) is 6.21. The molecule has 0 aromatic heterocycles. The van der Waals surface area contributed by atoms with E-state index in [4.69, 9.17) is 23.2 Å². The molecule has 1 fully saturated rings. The first-order valence-corrected chi connectivity index (χ1v) is 6.96. The van der Waals surface area contributed by atoms with Crippen LogP contribution in [0.3, 0.4) is 0 Å². The molecule has 1 unspecified atom stereocenters. The highest BCUT2D eigenvalue weighted by molar-refractivity contribution is 6.35. The van der Waals surface area contributed by atoms with Gasteiger partial charge in [0, 0.05) is 29.7 Å². The van der Waals surface area contributed by atoms with E-state index < -0.39 is 6.10 Å². The zero-order valence-electron chi connectivity index (χ0n) is 10.4. The molecular formula is C13H16Cl2N2O2. The van der Waals surface area contributed by atoms with E-state index in [9.17, 15) is 9.90 Å². The second-order valence-corrected chi connectivity index (χ2v) is 5.48. The Morgan fingerprint density at radius 1 is 1.47 bits per heavy atom. The van der Waals surface area contributed by atoms with Crippen LogP contribution in [0.1, 0.15) is 18.4 Å². The van der Waals surface area contributed by atoms with Gasteiger partial charge in [0.1, 0.15) is 0 Å². The maximum absolute atomic E-state index is 11.9. The molecule has 4 nitrogen and oxygen atoms in total. The zero-order valence-corrected chi connectivity index (χ0v) is 11.9. The van der Waals surface area contributed by atoms with Crippen LogP contribution in [0.5, 0.6) is 0 Å². The van der Waals surface area contributed by atoms with Crippen molar-refractivity contribution in [1.82, 2.24) is 10.2 Å². The monoisotopic (exact) mass is 302 g/mol. The molecule has 0 aliphatic carbocycles. The average Bonchev–Trinajstić information content (AvgIpc) is 2.37. The fraction of sp³-hybridized carbons (Fsp3) is 0.462. The third-order valence-corrected chi connectivity index (χ3v) is 3.72. The number of halogens is 2. The Balaban J connectivity index is 1.89. The van der Waals surface area contributed by atoms with Crippen molar-refractivity contribution in [2.45, 2.75) is 25.5 Å². The van der Waals surface area contributed by atoms with Crippen LogP contribution in [0.15, 0.2) is 18.2 Å². The van der Waals surface area contributed by atoms with Crippen LogP contribution < -0.4 is 5.32 Å². The van der Waals surface area contributed by atoms with Gasteiger partial charge in [0.15, 0.2) is 0 Å². The minimum absolute atomic E-state index is 0.176. The number of benzene rings is 1. The van der Waals surface area contributed by atoms with Crippen LogP contribution in [0.4, 0.5) is 4.79 Å². The molecule has 19 heavy (non-hydrogen) atoms. The molecule has 1 saturated heterocycles. The van der Waals surface area contributed by atoms with E-state index in [0.29, 0.717) is 29.7 Å². The lowest BCUT2D eigenvalue weighted by atomic mass is 10.1. The number of piperidine rings is 1. The van der Waals surface area contributed by atoms with Gasteiger partial charge in [-0.05, 0) is 30.5 Å². The summed E-state index contributed by atoms with van der Waals surface area (Å²) in [6, 6.07) is 5.00. The molecule has 1 atom stereocenters. The van der Waals surface area contributed by atoms with Crippen molar-refractivity contribution in [3.8, 4) is 0 Å². The summed E-state index contributed by atoms with van der Waals surface area (Å²) in [6.45, 7) is 1.42. The predicted molar refractivity (Wildman–Crippen MR) is 75.5 cm³/mol. The van der Waals surface area contributed by atoms with Gasteiger partial charge in [0.25, 0.3) is 0 Å². The van der Waals surface area contributed by atoms with Gasteiger partial charge >= 0.3 is 6.03 Å². The number of carbonyl (C=O) groups is 1. The smallest absolute Gasteiger partial charge is 0.317 e. The average molecular weight is 303 g/mol. The number of hydrogen-bond acceptors (Lipinski definition) is 2. The molecule has 1 aliphatic heterocycles. The SMILES string of the molecule is O=C(NCc1ccc(Cl)cc1Cl)N1CCCC(O)C1. The number of nitrogens with one attached hydrogen (secondary N) is 1. The Morgan fingerprint density at radius 2 is 2.26 bits per heavy atom. The molecule has 2 amide bonds. The molecule has 0 bridgehead atoms. The fourth-order valence-electron chi connectivity index (χ4n) is 2.09. The van der Waals surface area contributed by atoms with Crippen LogP contribution in [-0.2, 0) is 6.54 Å². The summed E-state index contributed by atoms with van der Waals surface area (Å²) >= 11 is 11.8. The highest BCUT2D eigenvalue weighted by Gasteiger charge is 2.21. The van der Waals surface area contributed by atoms with Crippen LogP contribution in [0.25, 0.3) is 0 Å². The van der Waals surface area contributed by atoms with Gasteiger partial charge in [0.2, 0.25) is 0 Å². The number of urea groups is 1. The number of hydrogen-bond donors (Lipinski definition) is 2. The van der Waals surface area contributed by atoms with Crippen molar-refractivity contribution in [2.75, 3.05) is 13.1 Å². The summed E-state index contributed by atoms with van der Waals surface area (Å²) in [5.74, 6) is 0. The molecule has 1 aromatic rings. The predicted octanol–water partition coefficient (Wildman–Crippen LogP) is 2.66. The van der Waals surface area contributed by atoms with Crippen molar-refractivity contribution in [1.29, 1.82) is 0 Å². The molecular weight excluding hydrogens is 287 g/mol. The number of aliphatic hydroxyl groups excluding tert-OH is 1. The second kappa shape index (κ2) is 6.46. The largest absolute Gasteiger partial charge is 0.391 e. The number of β-amino-alcohol motifs (C(OH)–C–C–N with tert-alkyl or cyclic N) is 1. The first-order chi connectivity index (χ1) is 9.06. The molecule has 104 valence electrons. The van der Waals surface area contributed by atoms with Gasteiger partial charge in [0.05, 0.1) is 6.10 Å². The maximum Gasteiger partial charge on any atom is 0.317 e. The summed E-state index contributed by atoms with van der Waals surface area (Å²) in [5.41, 5.74) is 0.817. The van der Waals surface area contributed by atoms with Crippen molar-refractivity contribution in [2.24, 2.45) is 0 Å². The van der Waals surface area contributed by atoms with E-state index in [1.54, 1.807) is 23.1 Å². The number of likely N-dealkylation sites (tertiary alicyclic amines) is 1. The molecule has 1 aliphatic rings. The Morgan fingerprint density at radius 3 is 2.95 bits per heavy atom. The van der Waals surface area contributed by atoms with Crippen LogP contribution in [-0.4, -0.2) is 35.2 Å². The maximum atomic E-state index is 11.9. The molecule has 1 heterocycles. The van der Waals surface area contributed by atoms with Gasteiger partial charge in [-0.1, -0.05) is 29.3 Å². The summed E-state index contributed by atoms with van der Waals surface area (Å²) in [7, 11) is 0. The van der Waals surface area contributed by atoms with Crippen LogP contribution in [0, 0.1) is 0 Å². The summed E-state index contributed by atoms with van der Waals surface area (Å²) < 4.78 is 0. The summed E-state index contributed by atoms with van der Waals surface area (Å²) in [6.07, 6.45) is 1.17. The van der Waals surface area contributed by atoms with E-state index in [-0.39, 0.29) is 6.03 Å². The van der Waals surface area contributed by atoms with Crippen molar-refractivity contribution < 1.29 is 9.90 Å². The van der Waals surface area contributed by atoms with E-state index in [1.807, 2.05) is 0 Å². The number of nitrogens with zero attached hydrogens (tertiary/aromatic N) is 1. The van der Waals surface area contributed by atoms with Gasteiger partial charge < -0.3 is 15.3 Å². The van der Waals surface area contributed by atoms with Gasteiger partial charge in [-0.3, -0.25) is 0 Å². The molecule has 0 spiro atoms. The normalized spacial score (nSPS) is 19.3. The quantitative estimate of drug-likeness (QED) is 0.882. The molecule has 1 aromatic carbocycles. The van der Waals surface area contributed by atoms with Gasteiger partial charge in [-0.2, -0.15) is 0 Å². The summed E-state index contributed by atoms with van der Waals surface area (Å²) in [4.78, 5) is 13.6. The van der Waals surface area contributed by atoms with Crippen molar-refractivity contribution >= 4 is 29.2 Å². The number of carbonyl (C=O) groups excluding carboxylic acids is 1. The topological polar surface area (TPSA) is 52.6 Å². The Kier molecular flexibility index (Phi) is 4.91. The Hall–Kier alpha value is -0.970. The van der Waals surface area contributed by atoms with Crippen molar-refractivity contribution in [3.05, 3.63) is 33.8 Å². The van der Waals surface area contributed by atoms with E-state index in [1.165, 1.54) is 0 Å². The van der Waals surface area contributed by atoms with E-state index >= 15 is 0 Å². The summed E-state index contributed by atoms with van der Waals surface area (Å²) in [5, 5.41) is 13.4. The number of rotatable bonds is 2. The molecule has 6 heteroatoms. The molecule has 0 saturated carbocycles. The third kappa shape index (κ3) is 4.00. The van der Waals surface area contributed by atoms with Gasteiger partial charge in [-0.25, -0.2) is 4.79 Å². The molecule has 0 radical (unpaired) electrons. The third-order valence-electron chi connectivity index (χ3n) is 3.13. The van der Waals surface area contributed by atoms with Crippen LogP contribution >= 0.6 is 23.2 Å². The minimum atomic E-state index is -0.418. The van der Waals surface area contributed by atoms with Crippen LogP contribution in [0.2, 0.25) is 10.0 Å². The second-order valence-electron chi connectivity index (χ2n) is 4.64. The molecule has 2 rings (SSSR count). The Bertz CT molecular complexity index is 468. The first kappa shape index (κ1) is 14.4. The number of aliphatic hydroxyl groups is 1. The lowest BCUT2D eigenvalue weighted by Gasteiger charge is -2.30. The van der Waals surface area contributed by atoms with Gasteiger partial charge in [-0.15, -0.1) is 0 Å². The molecule has 2 N–H and O–H groups in total. The van der Waals surface area contributed by atoms with E-state index in [2.05, 4.69) is 5.32 Å². The lowest BCUT2D eigenvalue weighted by Crippen LogP contribution is -2.46. The highest BCUT2D eigenvalue weighted by atomic mass is 35.5. The fourth-order valence-corrected chi connectivity index (χ4v) is 2.56.